The summed E-state index contributed by atoms with van der Waals surface area (Å²) in [7, 11) is 1.41. The molecule has 0 fully saturated rings. The third-order valence-corrected chi connectivity index (χ3v) is 1.99. The third-order valence-electron chi connectivity index (χ3n) is 1.71. The van der Waals surface area contributed by atoms with Crippen LogP contribution in [-0.2, 0) is 9.53 Å². The Bertz CT molecular complexity index is 203. The van der Waals surface area contributed by atoms with Gasteiger partial charge < -0.3 is 4.74 Å². The molecule has 0 aromatic heterocycles. The van der Waals surface area contributed by atoms with Gasteiger partial charge in [0.2, 0.25) is 0 Å². The summed E-state index contributed by atoms with van der Waals surface area (Å²) in [6, 6.07) is 0. The molecule has 13 heavy (non-hydrogen) atoms. The highest BCUT2D eigenvalue weighted by Crippen LogP contribution is 2.09. The van der Waals surface area contributed by atoms with Gasteiger partial charge in [-0.25, -0.2) is 0 Å². The lowest BCUT2D eigenvalue weighted by Crippen LogP contribution is -2.03. The first kappa shape index (κ1) is 12.5. The number of esters is 1. The van der Waals surface area contributed by atoms with Gasteiger partial charge in [0.15, 0.2) is 0 Å². The molecule has 0 spiro atoms. The van der Waals surface area contributed by atoms with E-state index in [1.807, 2.05) is 0 Å². The Morgan fingerprint density at radius 2 is 2.23 bits per heavy atom. The molecule has 1 unspecified atom stereocenters. The first-order chi connectivity index (χ1) is 6.20. The van der Waals surface area contributed by atoms with Gasteiger partial charge in [-0.2, -0.15) is 0 Å². The monoisotopic (exact) mass is 246 g/mol. The number of carbonyl (C=O) groups is 1. The van der Waals surface area contributed by atoms with Crippen LogP contribution < -0.4 is 0 Å². The van der Waals surface area contributed by atoms with Crippen LogP contribution in [0.5, 0.6) is 0 Å². The quantitative estimate of drug-likeness (QED) is 0.433. The maximum absolute atomic E-state index is 10.8. The SMILES string of the molecule is COC(=O)CCC(C)CC#CCBr. The molecule has 0 amide bonds. The van der Waals surface area contributed by atoms with Crippen molar-refractivity contribution in [3.63, 3.8) is 0 Å². The van der Waals surface area contributed by atoms with E-state index in [1.54, 1.807) is 0 Å². The van der Waals surface area contributed by atoms with E-state index in [1.165, 1.54) is 7.11 Å². The van der Waals surface area contributed by atoms with Gasteiger partial charge in [-0.1, -0.05) is 28.8 Å². The standard InChI is InChI=1S/C10H15BrO2/c1-9(5-3-4-8-11)6-7-10(12)13-2/h9H,5-8H2,1-2H3. The summed E-state index contributed by atoms with van der Waals surface area (Å²) >= 11 is 3.23. The Morgan fingerprint density at radius 1 is 1.54 bits per heavy atom. The van der Waals surface area contributed by atoms with Crippen LogP contribution in [0.25, 0.3) is 0 Å². The van der Waals surface area contributed by atoms with Gasteiger partial charge >= 0.3 is 5.97 Å². The lowest BCUT2D eigenvalue weighted by atomic mass is 10.0. The number of rotatable bonds is 4. The summed E-state index contributed by atoms with van der Waals surface area (Å²) < 4.78 is 4.54. The molecule has 1 atom stereocenters. The highest BCUT2D eigenvalue weighted by molar-refractivity contribution is 9.09. The number of hydrogen-bond donors (Lipinski definition) is 0. The molecule has 2 nitrogen and oxygen atoms in total. The lowest BCUT2D eigenvalue weighted by Gasteiger charge is -2.05. The van der Waals surface area contributed by atoms with E-state index in [-0.39, 0.29) is 5.97 Å². The molecule has 0 heterocycles. The van der Waals surface area contributed by atoms with E-state index in [0.29, 0.717) is 12.3 Å². The first-order valence-electron chi connectivity index (χ1n) is 4.29. The highest BCUT2D eigenvalue weighted by atomic mass is 79.9. The average molecular weight is 247 g/mol. The van der Waals surface area contributed by atoms with Crippen LogP contribution in [-0.4, -0.2) is 18.4 Å². The molecule has 0 saturated carbocycles. The minimum atomic E-state index is -0.139. The van der Waals surface area contributed by atoms with Crippen LogP contribution >= 0.6 is 15.9 Å². The van der Waals surface area contributed by atoms with Crippen molar-refractivity contribution in [3.05, 3.63) is 0 Å². The van der Waals surface area contributed by atoms with Gasteiger partial charge in [-0.15, -0.1) is 5.92 Å². The van der Waals surface area contributed by atoms with Crippen LogP contribution in [0.1, 0.15) is 26.2 Å². The van der Waals surface area contributed by atoms with Crippen molar-refractivity contribution in [2.45, 2.75) is 26.2 Å². The van der Waals surface area contributed by atoms with E-state index in [0.717, 1.165) is 18.2 Å². The van der Waals surface area contributed by atoms with Crippen LogP contribution in [0.2, 0.25) is 0 Å². The van der Waals surface area contributed by atoms with Crippen molar-refractivity contribution in [3.8, 4) is 11.8 Å². The molecule has 0 N–H and O–H groups in total. The van der Waals surface area contributed by atoms with Gasteiger partial charge in [-0.3, -0.25) is 4.79 Å². The van der Waals surface area contributed by atoms with E-state index in [9.17, 15) is 4.79 Å². The van der Waals surface area contributed by atoms with Crippen LogP contribution in [0.4, 0.5) is 0 Å². The van der Waals surface area contributed by atoms with Crippen molar-refractivity contribution in [1.29, 1.82) is 0 Å². The number of ether oxygens (including phenoxy) is 1. The normalized spacial score (nSPS) is 11.3. The summed E-state index contributed by atoms with van der Waals surface area (Å²) in [5, 5.41) is 0.719. The number of methoxy groups -OCH3 is 1. The maximum Gasteiger partial charge on any atom is 0.305 e. The number of carbonyl (C=O) groups excluding carboxylic acids is 1. The fourth-order valence-electron chi connectivity index (χ4n) is 0.862. The summed E-state index contributed by atoms with van der Waals surface area (Å²) in [4.78, 5) is 10.8. The molecule has 0 rings (SSSR count). The van der Waals surface area contributed by atoms with E-state index in [2.05, 4.69) is 39.4 Å². The summed E-state index contributed by atoms with van der Waals surface area (Å²) in [5.41, 5.74) is 0. The van der Waals surface area contributed by atoms with Crippen molar-refractivity contribution in [2.75, 3.05) is 12.4 Å². The van der Waals surface area contributed by atoms with E-state index < -0.39 is 0 Å². The maximum atomic E-state index is 10.8. The number of alkyl halides is 1. The predicted molar refractivity (Wildman–Crippen MR) is 56.6 cm³/mol. The van der Waals surface area contributed by atoms with Gasteiger partial charge in [0.05, 0.1) is 12.4 Å². The second kappa shape index (κ2) is 8.12. The lowest BCUT2D eigenvalue weighted by molar-refractivity contribution is -0.140. The van der Waals surface area contributed by atoms with Crippen LogP contribution in [0.15, 0.2) is 0 Å². The molecular weight excluding hydrogens is 232 g/mol. The zero-order valence-electron chi connectivity index (χ0n) is 8.10. The smallest absolute Gasteiger partial charge is 0.305 e. The number of hydrogen-bond acceptors (Lipinski definition) is 2. The Labute approximate surface area is 88.2 Å². The Balaban J connectivity index is 3.51. The van der Waals surface area contributed by atoms with Crippen molar-refractivity contribution in [2.24, 2.45) is 5.92 Å². The molecule has 3 heteroatoms. The Hall–Kier alpha value is -0.490. The van der Waals surface area contributed by atoms with Crippen molar-refractivity contribution >= 4 is 21.9 Å². The molecule has 0 aliphatic heterocycles. The van der Waals surface area contributed by atoms with Gasteiger partial charge in [0.25, 0.3) is 0 Å². The molecule has 0 aliphatic carbocycles. The van der Waals surface area contributed by atoms with Crippen molar-refractivity contribution < 1.29 is 9.53 Å². The van der Waals surface area contributed by atoms with Crippen molar-refractivity contribution in [1.82, 2.24) is 0 Å². The first-order valence-corrected chi connectivity index (χ1v) is 5.41. The minimum Gasteiger partial charge on any atom is -0.469 e. The van der Waals surface area contributed by atoms with Gasteiger partial charge in [0, 0.05) is 12.8 Å². The molecule has 0 aromatic rings. The molecule has 0 aromatic carbocycles. The molecule has 0 saturated heterocycles. The molecular formula is C10H15BrO2. The Kier molecular flexibility index (Phi) is 7.82. The molecule has 0 bridgehead atoms. The second-order valence-corrected chi connectivity index (χ2v) is 3.47. The summed E-state index contributed by atoms with van der Waals surface area (Å²) in [5.74, 6) is 6.28. The zero-order valence-corrected chi connectivity index (χ0v) is 9.69. The van der Waals surface area contributed by atoms with E-state index in [4.69, 9.17) is 0 Å². The highest BCUT2D eigenvalue weighted by Gasteiger charge is 2.04. The molecule has 74 valence electrons. The number of halogens is 1. The van der Waals surface area contributed by atoms with Crippen LogP contribution in [0.3, 0.4) is 0 Å². The Morgan fingerprint density at radius 3 is 2.77 bits per heavy atom. The summed E-state index contributed by atoms with van der Waals surface area (Å²) in [6.45, 7) is 2.09. The minimum absolute atomic E-state index is 0.139. The molecule has 0 aliphatic rings. The predicted octanol–water partition coefficient (Wildman–Crippen LogP) is 2.36. The van der Waals surface area contributed by atoms with Gasteiger partial charge in [-0.05, 0) is 12.3 Å². The largest absolute Gasteiger partial charge is 0.469 e. The third kappa shape index (κ3) is 7.86. The van der Waals surface area contributed by atoms with E-state index >= 15 is 0 Å². The average Bonchev–Trinajstić information content (AvgIpc) is 2.14. The molecule has 0 radical (unpaired) electrons. The van der Waals surface area contributed by atoms with Gasteiger partial charge in [0.1, 0.15) is 0 Å². The zero-order chi connectivity index (χ0) is 10.1. The second-order valence-electron chi connectivity index (χ2n) is 2.91. The van der Waals surface area contributed by atoms with Crippen LogP contribution in [0, 0.1) is 17.8 Å². The topological polar surface area (TPSA) is 26.3 Å². The summed E-state index contributed by atoms with van der Waals surface area (Å²) in [6.07, 6.45) is 2.19. The fraction of sp³-hybridized carbons (Fsp3) is 0.700. The fourth-order valence-corrected chi connectivity index (χ4v) is 1.06.